The lowest BCUT2D eigenvalue weighted by Gasteiger charge is -2.31. The van der Waals surface area contributed by atoms with Crippen molar-refractivity contribution in [2.24, 2.45) is 5.73 Å². The summed E-state index contributed by atoms with van der Waals surface area (Å²) >= 11 is 0. The van der Waals surface area contributed by atoms with Crippen molar-refractivity contribution in [3.05, 3.63) is 35.9 Å². The molecule has 0 saturated heterocycles. The van der Waals surface area contributed by atoms with Crippen LogP contribution in [0.15, 0.2) is 30.3 Å². The van der Waals surface area contributed by atoms with Crippen LogP contribution < -0.4 is 11.1 Å². The number of amides is 1. The molecule has 0 aliphatic heterocycles. The van der Waals surface area contributed by atoms with Crippen molar-refractivity contribution in [1.29, 1.82) is 0 Å². The molecule has 2 rings (SSSR count). The van der Waals surface area contributed by atoms with Gasteiger partial charge in [0.1, 0.15) is 15.4 Å². The molecule has 130 valence electrons. The lowest BCUT2D eigenvalue weighted by Crippen LogP contribution is -2.52. The molecular formula is C16H25ClN2O3S. The first-order chi connectivity index (χ1) is 10.2. The summed E-state index contributed by atoms with van der Waals surface area (Å²) in [6.45, 7) is 1.69. The van der Waals surface area contributed by atoms with Gasteiger partial charge >= 0.3 is 0 Å². The van der Waals surface area contributed by atoms with Gasteiger partial charge in [-0.25, -0.2) is 8.42 Å². The van der Waals surface area contributed by atoms with Gasteiger partial charge in [0.15, 0.2) is 0 Å². The Labute approximate surface area is 144 Å². The summed E-state index contributed by atoms with van der Waals surface area (Å²) < 4.78 is 23.1. The van der Waals surface area contributed by atoms with Crippen LogP contribution in [0.4, 0.5) is 0 Å². The maximum Gasteiger partial charge on any atom is 0.244 e. The van der Waals surface area contributed by atoms with Gasteiger partial charge in [0.25, 0.3) is 0 Å². The van der Waals surface area contributed by atoms with Crippen molar-refractivity contribution in [2.75, 3.05) is 6.26 Å². The Bertz CT molecular complexity index is 624. The molecule has 0 aromatic heterocycles. The van der Waals surface area contributed by atoms with Gasteiger partial charge in [0.2, 0.25) is 5.91 Å². The van der Waals surface area contributed by atoms with E-state index in [1.165, 1.54) is 6.26 Å². The number of hydrogen-bond donors (Lipinski definition) is 2. The minimum Gasteiger partial charge on any atom is -0.351 e. The number of halogens is 1. The summed E-state index contributed by atoms with van der Waals surface area (Å²) in [7, 11) is -2.99. The van der Waals surface area contributed by atoms with E-state index in [9.17, 15) is 13.2 Å². The standard InChI is InChI=1S/C16H24N2O3S.ClH/c1-16(17,12-6-4-3-5-7-12)15(19)18-13-8-10-14(11-9-13)22(2,20)21;/h3-7,13-14H,8-11,17H2,1-2H3,(H,18,19);1H. The molecule has 1 unspecified atom stereocenters. The summed E-state index contributed by atoms with van der Waals surface area (Å²) in [5, 5.41) is 2.69. The van der Waals surface area contributed by atoms with Crippen LogP contribution in [0.1, 0.15) is 38.2 Å². The largest absolute Gasteiger partial charge is 0.351 e. The fourth-order valence-electron chi connectivity index (χ4n) is 2.89. The fourth-order valence-corrected chi connectivity index (χ4v) is 4.01. The molecule has 0 radical (unpaired) electrons. The van der Waals surface area contributed by atoms with Crippen LogP contribution in [-0.4, -0.2) is 31.9 Å². The number of nitrogens with one attached hydrogen (secondary N) is 1. The molecule has 1 atom stereocenters. The molecule has 7 heteroatoms. The number of rotatable bonds is 4. The van der Waals surface area contributed by atoms with Crippen LogP contribution >= 0.6 is 12.4 Å². The third kappa shape index (κ3) is 4.93. The SMILES string of the molecule is CC(N)(C(=O)NC1CCC(S(C)(=O)=O)CC1)c1ccccc1.Cl. The Kier molecular flexibility index (Phi) is 6.62. The van der Waals surface area contributed by atoms with E-state index in [1.807, 2.05) is 30.3 Å². The minimum atomic E-state index is -2.99. The highest BCUT2D eigenvalue weighted by molar-refractivity contribution is 7.91. The maximum atomic E-state index is 12.5. The Hall–Kier alpha value is -1.11. The highest BCUT2D eigenvalue weighted by Crippen LogP contribution is 2.25. The van der Waals surface area contributed by atoms with Gasteiger partial charge in [-0.05, 0) is 38.2 Å². The van der Waals surface area contributed by atoms with Crippen molar-refractivity contribution in [3.63, 3.8) is 0 Å². The molecule has 3 N–H and O–H groups in total. The predicted octanol–water partition coefficient (Wildman–Crippen LogP) is 1.75. The molecule has 1 fully saturated rings. The van der Waals surface area contributed by atoms with Gasteiger partial charge in [0, 0.05) is 12.3 Å². The second-order valence-corrected chi connectivity index (χ2v) is 8.67. The zero-order valence-corrected chi connectivity index (χ0v) is 15.1. The average molecular weight is 361 g/mol. The topological polar surface area (TPSA) is 89.3 Å². The van der Waals surface area contributed by atoms with Gasteiger partial charge in [-0.1, -0.05) is 30.3 Å². The van der Waals surface area contributed by atoms with Gasteiger partial charge in [-0.3, -0.25) is 4.79 Å². The molecule has 5 nitrogen and oxygen atoms in total. The third-order valence-electron chi connectivity index (χ3n) is 4.46. The first kappa shape index (κ1) is 19.9. The minimum absolute atomic E-state index is 0. The second kappa shape index (κ2) is 7.64. The first-order valence-corrected chi connectivity index (χ1v) is 9.51. The number of benzene rings is 1. The molecule has 23 heavy (non-hydrogen) atoms. The maximum absolute atomic E-state index is 12.5. The molecule has 1 saturated carbocycles. The van der Waals surface area contributed by atoms with Crippen LogP contribution in [-0.2, 0) is 20.2 Å². The molecule has 1 amide bonds. The second-order valence-electron chi connectivity index (χ2n) is 6.34. The number of hydrogen-bond acceptors (Lipinski definition) is 4. The Balaban J connectivity index is 0.00000264. The first-order valence-electron chi connectivity index (χ1n) is 7.55. The van der Waals surface area contributed by atoms with E-state index in [0.717, 1.165) is 5.56 Å². The van der Waals surface area contributed by atoms with Gasteiger partial charge in [0.05, 0.1) is 5.25 Å². The lowest BCUT2D eigenvalue weighted by atomic mass is 9.90. The van der Waals surface area contributed by atoms with E-state index in [4.69, 9.17) is 5.73 Å². The monoisotopic (exact) mass is 360 g/mol. The third-order valence-corrected chi connectivity index (χ3v) is 6.14. The van der Waals surface area contributed by atoms with Crippen molar-refractivity contribution in [1.82, 2.24) is 5.32 Å². The van der Waals surface area contributed by atoms with E-state index in [2.05, 4.69) is 5.32 Å². The molecular weight excluding hydrogens is 336 g/mol. The van der Waals surface area contributed by atoms with Gasteiger partial charge in [-0.2, -0.15) is 0 Å². The Morgan fingerprint density at radius 3 is 2.17 bits per heavy atom. The average Bonchev–Trinajstić information content (AvgIpc) is 2.47. The normalized spacial score (nSPS) is 24.1. The Morgan fingerprint density at radius 2 is 1.70 bits per heavy atom. The number of carbonyl (C=O) groups excluding carboxylic acids is 1. The summed E-state index contributed by atoms with van der Waals surface area (Å²) in [6, 6.07) is 9.25. The highest BCUT2D eigenvalue weighted by atomic mass is 35.5. The predicted molar refractivity (Wildman–Crippen MR) is 94.3 cm³/mol. The summed E-state index contributed by atoms with van der Waals surface area (Å²) in [5.74, 6) is -0.221. The van der Waals surface area contributed by atoms with E-state index in [0.29, 0.717) is 25.7 Å². The van der Waals surface area contributed by atoms with Gasteiger partial charge in [-0.15, -0.1) is 12.4 Å². The summed E-state index contributed by atoms with van der Waals surface area (Å²) in [6.07, 6.45) is 3.82. The van der Waals surface area contributed by atoms with Crippen LogP contribution in [0, 0.1) is 0 Å². The highest BCUT2D eigenvalue weighted by Gasteiger charge is 2.34. The fraction of sp³-hybridized carbons (Fsp3) is 0.562. The van der Waals surface area contributed by atoms with E-state index in [1.54, 1.807) is 6.92 Å². The van der Waals surface area contributed by atoms with E-state index in [-0.39, 0.29) is 29.6 Å². The molecule has 1 aromatic carbocycles. The number of sulfone groups is 1. The molecule has 1 aromatic rings. The zero-order valence-electron chi connectivity index (χ0n) is 13.5. The smallest absolute Gasteiger partial charge is 0.244 e. The van der Waals surface area contributed by atoms with Crippen molar-refractivity contribution >= 4 is 28.2 Å². The molecule has 0 spiro atoms. The van der Waals surface area contributed by atoms with Crippen molar-refractivity contribution < 1.29 is 13.2 Å². The van der Waals surface area contributed by atoms with Gasteiger partial charge < -0.3 is 11.1 Å². The lowest BCUT2D eigenvalue weighted by molar-refractivity contribution is -0.127. The van der Waals surface area contributed by atoms with Crippen LogP contribution in [0.3, 0.4) is 0 Å². The summed E-state index contributed by atoms with van der Waals surface area (Å²) in [4.78, 5) is 12.5. The molecule has 1 aliphatic carbocycles. The van der Waals surface area contributed by atoms with Crippen molar-refractivity contribution in [2.45, 2.75) is 49.4 Å². The molecule has 1 aliphatic rings. The quantitative estimate of drug-likeness (QED) is 0.856. The van der Waals surface area contributed by atoms with E-state index < -0.39 is 15.4 Å². The Morgan fingerprint density at radius 1 is 1.17 bits per heavy atom. The number of carbonyl (C=O) groups is 1. The zero-order chi connectivity index (χ0) is 16.4. The molecule has 0 heterocycles. The van der Waals surface area contributed by atoms with E-state index >= 15 is 0 Å². The number of nitrogens with two attached hydrogens (primary N) is 1. The van der Waals surface area contributed by atoms with Crippen LogP contribution in [0.25, 0.3) is 0 Å². The van der Waals surface area contributed by atoms with Crippen LogP contribution in [0.2, 0.25) is 0 Å². The van der Waals surface area contributed by atoms with Crippen LogP contribution in [0.5, 0.6) is 0 Å². The molecule has 0 bridgehead atoms. The van der Waals surface area contributed by atoms with Crippen molar-refractivity contribution in [3.8, 4) is 0 Å². The summed E-state index contributed by atoms with van der Waals surface area (Å²) in [5.41, 5.74) is 5.86.